The Bertz CT molecular complexity index is 167. The van der Waals surface area contributed by atoms with Crippen molar-refractivity contribution in [1.82, 2.24) is 4.57 Å². The molecule has 8 heavy (non-hydrogen) atoms. The van der Waals surface area contributed by atoms with E-state index in [1.54, 1.807) is 0 Å². The summed E-state index contributed by atoms with van der Waals surface area (Å²) in [4.78, 5) is 0. The van der Waals surface area contributed by atoms with Crippen LogP contribution in [0.15, 0.2) is 12.1 Å². The van der Waals surface area contributed by atoms with E-state index in [-0.39, 0.29) is 0 Å². The van der Waals surface area contributed by atoms with Gasteiger partial charge in [-0.05, 0) is 26.0 Å². The van der Waals surface area contributed by atoms with Crippen molar-refractivity contribution in [2.45, 2.75) is 13.8 Å². The van der Waals surface area contributed by atoms with Gasteiger partial charge in [-0.2, -0.15) is 0 Å². The molecule has 1 heterocycles. The topological polar surface area (TPSA) is 4.93 Å². The van der Waals surface area contributed by atoms with E-state index in [9.17, 15) is 0 Å². The number of hydrogen-bond donors (Lipinski definition) is 0. The van der Waals surface area contributed by atoms with Crippen LogP contribution < -0.4 is 0 Å². The molecule has 1 aromatic heterocycles. The number of aryl methyl sites for hydroxylation is 2. The van der Waals surface area contributed by atoms with E-state index >= 15 is 0 Å². The van der Waals surface area contributed by atoms with Gasteiger partial charge in [-0.15, -0.1) is 0 Å². The SMILES string of the molecule is Cc1ccc(C)n1C. The third-order valence-corrected chi connectivity index (χ3v) is 1.62. The Labute approximate surface area is 49.9 Å². The van der Waals surface area contributed by atoms with Crippen molar-refractivity contribution in [3.05, 3.63) is 23.5 Å². The molecule has 0 amide bonds. The van der Waals surface area contributed by atoms with E-state index in [0.29, 0.717) is 0 Å². The van der Waals surface area contributed by atoms with Crippen LogP contribution in [0.1, 0.15) is 11.4 Å². The first-order valence-electron chi connectivity index (χ1n) is 2.81. The summed E-state index contributed by atoms with van der Waals surface area (Å²) in [6, 6.07) is 4.24. The standard InChI is InChI=1S/C7H11N/c1-6-4-5-7(2)8(6)3/h4-5H,1-3H3. The average molecular weight is 109 g/mol. The van der Waals surface area contributed by atoms with Crippen molar-refractivity contribution < 1.29 is 0 Å². The van der Waals surface area contributed by atoms with Gasteiger partial charge in [0.1, 0.15) is 0 Å². The van der Waals surface area contributed by atoms with Crippen LogP contribution in [-0.4, -0.2) is 4.57 Å². The summed E-state index contributed by atoms with van der Waals surface area (Å²) in [7, 11) is 2.07. The quantitative estimate of drug-likeness (QED) is 0.477. The molecule has 1 aromatic rings. The molecule has 0 saturated heterocycles. The molecule has 0 aliphatic carbocycles. The summed E-state index contributed by atoms with van der Waals surface area (Å²) in [5, 5.41) is 0. The predicted molar refractivity (Wildman–Crippen MR) is 34.9 cm³/mol. The molecule has 1 nitrogen and oxygen atoms in total. The summed E-state index contributed by atoms with van der Waals surface area (Å²) >= 11 is 0. The molecule has 0 aliphatic rings. The van der Waals surface area contributed by atoms with Crippen molar-refractivity contribution in [3.63, 3.8) is 0 Å². The van der Waals surface area contributed by atoms with Crippen LogP contribution in [0.3, 0.4) is 0 Å². The minimum Gasteiger partial charge on any atom is -0.352 e. The molecule has 1 heteroatoms. The lowest BCUT2D eigenvalue weighted by atomic mass is 10.5. The van der Waals surface area contributed by atoms with Crippen molar-refractivity contribution >= 4 is 0 Å². The third kappa shape index (κ3) is 0.641. The van der Waals surface area contributed by atoms with E-state index < -0.39 is 0 Å². The lowest BCUT2D eigenvalue weighted by molar-refractivity contribution is 0.844. The molecule has 0 spiro atoms. The first-order valence-corrected chi connectivity index (χ1v) is 2.81. The first kappa shape index (κ1) is 5.42. The molecule has 0 unspecified atom stereocenters. The van der Waals surface area contributed by atoms with Crippen LogP contribution in [0.2, 0.25) is 0 Å². The lowest BCUT2D eigenvalue weighted by Crippen LogP contribution is -1.91. The van der Waals surface area contributed by atoms with Crippen LogP contribution in [0.5, 0.6) is 0 Å². The Hall–Kier alpha value is -0.720. The summed E-state index contributed by atoms with van der Waals surface area (Å²) in [6.07, 6.45) is 0. The second-order valence-corrected chi connectivity index (χ2v) is 2.18. The highest BCUT2D eigenvalue weighted by Crippen LogP contribution is 2.02. The molecule has 0 saturated carbocycles. The second-order valence-electron chi connectivity index (χ2n) is 2.18. The molecule has 0 fully saturated rings. The summed E-state index contributed by atoms with van der Waals surface area (Å²) < 4.78 is 2.17. The van der Waals surface area contributed by atoms with E-state index in [2.05, 4.69) is 37.6 Å². The monoisotopic (exact) mass is 109 g/mol. The Morgan fingerprint density at radius 3 is 1.62 bits per heavy atom. The molecule has 0 atom stereocenters. The van der Waals surface area contributed by atoms with Crippen LogP contribution in [0, 0.1) is 13.8 Å². The minimum atomic E-state index is 1.32. The number of nitrogens with zero attached hydrogens (tertiary/aromatic N) is 1. The number of rotatable bonds is 0. The fraction of sp³-hybridized carbons (Fsp3) is 0.429. The Kier molecular flexibility index (Phi) is 1.12. The molecule has 1 rings (SSSR count). The fourth-order valence-electron chi connectivity index (χ4n) is 0.743. The zero-order valence-electron chi connectivity index (χ0n) is 5.60. The van der Waals surface area contributed by atoms with E-state index in [1.165, 1.54) is 11.4 Å². The normalized spacial score (nSPS) is 9.88. The van der Waals surface area contributed by atoms with Crippen LogP contribution in [0.4, 0.5) is 0 Å². The van der Waals surface area contributed by atoms with E-state index in [4.69, 9.17) is 0 Å². The van der Waals surface area contributed by atoms with Crippen molar-refractivity contribution in [2.75, 3.05) is 0 Å². The second kappa shape index (κ2) is 1.66. The predicted octanol–water partition coefficient (Wildman–Crippen LogP) is 1.64. The maximum absolute atomic E-state index is 2.17. The first-order chi connectivity index (χ1) is 3.72. The van der Waals surface area contributed by atoms with Crippen molar-refractivity contribution in [1.29, 1.82) is 0 Å². The van der Waals surface area contributed by atoms with Crippen molar-refractivity contribution in [2.24, 2.45) is 7.05 Å². The summed E-state index contributed by atoms with van der Waals surface area (Å²) in [5.41, 5.74) is 2.64. The minimum absolute atomic E-state index is 1.32. The van der Waals surface area contributed by atoms with Gasteiger partial charge >= 0.3 is 0 Å². The van der Waals surface area contributed by atoms with Crippen molar-refractivity contribution in [3.8, 4) is 0 Å². The van der Waals surface area contributed by atoms with Gasteiger partial charge in [-0.1, -0.05) is 0 Å². The van der Waals surface area contributed by atoms with Gasteiger partial charge in [0.15, 0.2) is 0 Å². The molecule has 0 bridgehead atoms. The van der Waals surface area contributed by atoms with Crippen LogP contribution in [-0.2, 0) is 7.05 Å². The number of hydrogen-bond acceptors (Lipinski definition) is 0. The van der Waals surface area contributed by atoms with E-state index in [1.807, 2.05) is 0 Å². The average Bonchev–Trinajstić information content (AvgIpc) is 1.98. The van der Waals surface area contributed by atoms with Crippen LogP contribution in [0.25, 0.3) is 0 Å². The van der Waals surface area contributed by atoms with Gasteiger partial charge in [0.25, 0.3) is 0 Å². The highest BCUT2D eigenvalue weighted by Gasteiger charge is 1.90. The smallest absolute Gasteiger partial charge is 0.0143 e. The Balaban J connectivity index is 3.19. The van der Waals surface area contributed by atoms with Gasteiger partial charge in [-0.25, -0.2) is 0 Å². The largest absolute Gasteiger partial charge is 0.352 e. The molecule has 0 radical (unpaired) electrons. The zero-order valence-corrected chi connectivity index (χ0v) is 5.60. The summed E-state index contributed by atoms with van der Waals surface area (Å²) in [5.74, 6) is 0. The maximum Gasteiger partial charge on any atom is 0.0143 e. The molecule has 0 aromatic carbocycles. The zero-order chi connectivity index (χ0) is 6.15. The fourth-order valence-corrected chi connectivity index (χ4v) is 0.743. The van der Waals surface area contributed by atoms with Gasteiger partial charge in [0.05, 0.1) is 0 Å². The number of aromatic nitrogens is 1. The highest BCUT2D eigenvalue weighted by atomic mass is 14.9. The molecular weight excluding hydrogens is 98.1 g/mol. The molecule has 0 N–H and O–H groups in total. The highest BCUT2D eigenvalue weighted by molar-refractivity contribution is 5.12. The Morgan fingerprint density at radius 1 is 1.12 bits per heavy atom. The molecule has 44 valence electrons. The van der Waals surface area contributed by atoms with Gasteiger partial charge in [0, 0.05) is 18.4 Å². The lowest BCUT2D eigenvalue weighted by Gasteiger charge is -1.96. The third-order valence-electron chi connectivity index (χ3n) is 1.62. The van der Waals surface area contributed by atoms with E-state index in [0.717, 1.165) is 0 Å². The molecule has 0 aliphatic heterocycles. The maximum atomic E-state index is 2.17. The van der Waals surface area contributed by atoms with Crippen LogP contribution >= 0.6 is 0 Å². The Morgan fingerprint density at radius 2 is 1.50 bits per heavy atom. The van der Waals surface area contributed by atoms with Gasteiger partial charge in [-0.3, -0.25) is 0 Å². The summed E-state index contributed by atoms with van der Waals surface area (Å²) in [6.45, 7) is 4.21. The van der Waals surface area contributed by atoms with Gasteiger partial charge < -0.3 is 4.57 Å². The van der Waals surface area contributed by atoms with Gasteiger partial charge in [0.2, 0.25) is 0 Å². The molecular formula is C7H11N.